The molecule has 0 unspecified atom stereocenters. The van der Waals surface area contributed by atoms with Crippen molar-refractivity contribution >= 4 is 0 Å². The molecule has 0 rings (SSSR count). The lowest BCUT2D eigenvalue weighted by atomic mass is 10.0. The zero-order valence-corrected chi connectivity index (χ0v) is 27.3. The van der Waals surface area contributed by atoms with Gasteiger partial charge in [-0.25, -0.2) is 0 Å². The molecule has 0 heterocycles. The van der Waals surface area contributed by atoms with Crippen LogP contribution in [0.15, 0.2) is 0 Å². The molecule has 0 radical (unpaired) electrons. The predicted molar refractivity (Wildman–Crippen MR) is 171 cm³/mol. The Balaban J connectivity index is 0. The van der Waals surface area contributed by atoms with Gasteiger partial charge in [-0.3, -0.25) is 4.90 Å². The molecule has 0 aliphatic heterocycles. The number of unbranched alkanes of at least 4 members (excludes halogenated alkanes) is 16. The zero-order valence-electron chi connectivity index (χ0n) is 27.3. The molecule has 2 N–H and O–H groups in total. The molecule has 0 spiro atoms. The first-order valence-electron chi connectivity index (χ1n) is 16.9. The standard InChI is InChI=1S/C18H39NO2.C16H35N/c1-18(2)12-10-8-6-4-3-5-7-9-11-13-19(14-16-20)15-17-21;1-16(2)14-12-10-8-6-5-7-9-11-13-15-17(3)4/h18,20-21H,3-17H2,1-2H3;16H,5-15H2,1-4H3. The van der Waals surface area contributed by atoms with Crippen LogP contribution in [0.2, 0.25) is 0 Å². The molecule has 0 aliphatic rings. The Kier molecular flexibility index (Phi) is 34.8. The number of aliphatic hydroxyl groups is 2. The fourth-order valence-corrected chi connectivity index (χ4v) is 4.96. The summed E-state index contributed by atoms with van der Waals surface area (Å²) in [5.41, 5.74) is 0. The summed E-state index contributed by atoms with van der Waals surface area (Å²) in [4.78, 5) is 4.43. The Hall–Kier alpha value is -0.160. The van der Waals surface area contributed by atoms with Crippen LogP contribution in [0.25, 0.3) is 0 Å². The van der Waals surface area contributed by atoms with Crippen LogP contribution in [0, 0.1) is 11.8 Å². The highest BCUT2D eigenvalue weighted by molar-refractivity contribution is 4.57. The van der Waals surface area contributed by atoms with Gasteiger partial charge in [0, 0.05) is 13.1 Å². The Morgan fingerprint density at radius 2 is 0.684 bits per heavy atom. The van der Waals surface area contributed by atoms with Crippen molar-refractivity contribution in [1.82, 2.24) is 9.80 Å². The van der Waals surface area contributed by atoms with Crippen LogP contribution in [0.5, 0.6) is 0 Å². The van der Waals surface area contributed by atoms with E-state index in [0.29, 0.717) is 13.1 Å². The van der Waals surface area contributed by atoms with Crippen molar-refractivity contribution < 1.29 is 10.2 Å². The second kappa shape index (κ2) is 33.0. The summed E-state index contributed by atoms with van der Waals surface area (Å²) in [6.45, 7) is 13.3. The highest BCUT2D eigenvalue weighted by Gasteiger charge is 2.02. The van der Waals surface area contributed by atoms with Crippen LogP contribution in [0.1, 0.15) is 156 Å². The van der Waals surface area contributed by atoms with Gasteiger partial charge in [0.2, 0.25) is 0 Å². The minimum Gasteiger partial charge on any atom is -0.395 e. The van der Waals surface area contributed by atoms with Gasteiger partial charge in [0.1, 0.15) is 0 Å². The second-order valence-electron chi connectivity index (χ2n) is 12.8. The molecule has 0 saturated carbocycles. The van der Waals surface area contributed by atoms with E-state index in [0.717, 1.165) is 18.4 Å². The predicted octanol–water partition coefficient (Wildman–Crippen LogP) is 8.94. The normalized spacial score (nSPS) is 11.7. The van der Waals surface area contributed by atoms with Gasteiger partial charge in [0.25, 0.3) is 0 Å². The summed E-state index contributed by atoms with van der Waals surface area (Å²) in [5, 5.41) is 17.9. The third kappa shape index (κ3) is 38.0. The fraction of sp³-hybridized carbons (Fsp3) is 1.00. The van der Waals surface area contributed by atoms with E-state index in [1.807, 2.05) is 0 Å². The third-order valence-electron chi connectivity index (χ3n) is 7.48. The molecule has 0 bridgehead atoms. The first kappa shape index (κ1) is 40.0. The lowest BCUT2D eigenvalue weighted by Gasteiger charge is -2.19. The molecule has 4 heteroatoms. The summed E-state index contributed by atoms with van der Waals surface area (Å²) < 4.78 is 0. The van der Waals surface area contributed by atoms with Crippen molar-refractivity contribution in [2.75, 3.05) is 53.5 Å². The number of nitrogens with zero attached hydrogens (tertiary/aromatic N) is 2. The minimum atomic E-state index is 0.191. The van der Waals surface area contributed by atoms with Crippen LogP contribution in [-0.4, -0.2) is 73.5 Å². The summed E-state index contributed by atoms with van der Waals surface area (Å²) in [6.07, 6.45) is 28.0. The van der Waals surface area contributed by atoms with Gasteiger partial charge in [-0.1, -0.05) is 143 Å². The van der Waals surface area contributed by atoms with Gasteiger partial charge in [-0.15, -0.1) is 0 Å². The molecule has 0 aliphatic carbocycles. The van der Waals surface area contributed by atoms with Crippen molar-refractivity contribution in [3.8, 4) is 0 Å². The van der Waals surface area contributed by atoms with Gasteiger partial charge in [0.05, 0.1) is 13.2 Å². The van der Waals surface area contributed by atoms with E-state index in [9.17, 15) is 0 Å². The number of rotatable bonds is 28. The molecule has 0 aromatic heterocycles. The molecule has 0 aromatic rings. The summed E-state index contributed by atoms with van der Waals surface area (Å²) >= 11 is 0. The SMILES string of the molecule is CC(C)CCCCCCCCCCCN(C)C.CC(C)CCCCCCCCCCCN(CCO)CCO. The maximum atomic E-state index is 8.93. The van der Waals surface area contributed by atoms with Crippen LogP contribution < -0.4 is 0 Å². The minimum absolute atomic E-state index is 0.191. The van der Waals surface area contributed by atoms with Crippen LogP contribution >= 0.6 is 0 Å². The first-order valence-corrected chi connectivity index (χ1v) is 16.9. The summed E-state index contributed by atoms with van der Waals surface area (Å²) in [5.74, 6) is 1.76. The van der Waals surface area contributed by atoms with E-state index in [2.05, 4.69) is 51.6 Å². The van der Waals surface area contributed by atoms with Crippen LogP contribution in [0.3, 0.4) is 0 Å². The Morgan fingerprint density at radius 3 is 0.974 bits per heavy atom. The third-order valence-corrected chi connectivity index (χ3v) is 7.48. The molecule has 0 fully saturated rings. The molecule has 0 amide bonds. The van der Waals surface area contributed by atoms with Gasteiger partial charge < -0.3 is 15.1 Å². The number of hydrogen-bond donors (Lipinski definition) is 2. The topological polar surface area (TPSA) is 46.9 Å². The molecule has 232 valence electrons. The highest BCUT2D eigenvalue weighted by Crippen LogP contribution is 2.14. The van der Waals surface area contributed by atoms with E-state index in [1.54, 1.807) is 0 Å². The van der Waals surface area contributed by atoms with Crippen molar-refractivity contribution in [3.63, 3.8) is 0 Å². The molecule has 0 aromatic carbocycles. The highest BCUT2D eigenvalue weighted by atomic mass is 16.3. The monoisotopic (exact) mass is 543 g/mol. The smallest absolute Gasteiger partial charge is 0.0558 e. The van der Waals surface area contributed by atoms with Crippen molar-refractivity contribution in [2.24, 2.45) is 11.8 Å². The molecule has 38 heavy (non-hydrogen) atoms. The zero-order chi connectivity index (χ0) is 28.7. The summed E-state index contributed by atoms with van der Waals surface area (Å²) in [6, 6.07) is 0. The molecule has 0 atom stereocenters. The average molecular weight is 543 g/mol. The van der Waals surface area contributed by atoms with Crippen LogP contribution in [-0.2, 0) is 0 Å². The van der Waals surface area contributed by atoms with Crippen molar-refractivity contribution in [3.05, 3.63) is 0 Å². The number of hydrogen-bond acceptors (Lipinski definition) is 4. The Bertz CT molecular complexity index is 393. The first-order chi connectivity index (χ1) is 18.3. The maximum Gasteiger partial charge on any atom is 0.0558 e. The largest absolute Gasteiger partial charge is 0.395 e. The molecule has 0 saturated heterocycles. The molecular formula is C34H74N2O2. The summed E-state index contributed by atoms with van der Waals surface area (Å²) in [7, 11) is 4.33. The van der Waals surface area contributed by atoms with E-state index >= 15 is 0 Å². The second-order valence-corrected chi connectivity index (χ2v) is 12.8. The lowest BCUT2D eigenvalue weighted by Crippen LogP contribution is -2.30. The van der Waals surface area contributed by atoms with Crippen molar-refractivity contribution in [2.45, 2.75) is 156 Å². The van der Waals surface area contributed by atoms with Crippen molar-refractivity contribution in [1.29, 1.82) is 0 Å². The van der Waals surface area contributed by atoms with E-state index in [-0.39, 0.29) is 13.2 Å². The lowest BCUT2D eigenvalue weighted by molar-refractivity contribution is 0.159. The average Bonchev–Trinajstić information content (AvgIpc) is 2.86. The van der Waals surface area contributed by atoms with Crippen LogP contribution in [0.4, 0.5) is 0 Å². The van der Waals surface area contributed by atoms with Gasteiger partial charge >= 0.3 is 0 Å². The van der Waals surface area contributed by atoms with Gasteiger partial charge in [0.15, 0.2) is 0 Å². The Labute approximate surface area is 241 Å². The van der Waals surface area contributed by atoms with E-state index < -0.39 is 0 Å². The number of aliphatic hydroxyl groups excluding tert-OH is 2. The fourth-order valence-electron chi connectivity index (χ4n) is 4.96. The van der Waals surface area contributed by atoms with Gasteiger partial charge in [-0.05, 0) is 51.9 Å². The van der Waals surface area contributed by atoms with E-state index in [1.165, 1.54) is 135 Å². The maximum absolute atomic E-state index is 8.93. The molecule has 4 nitrogen and oxygen atoms in total. The quantitative estimate of drug-likeness (QED) is 0.0969. The van der Waals surface area contributed by atoms with E-state index in [4.69, 9.17) is 10.2 Å². The Morgan fingerprint density at radius 1 is 0.395 bits per heavy atom. The van der Waals surface area contributed by atoms with Gasteiger partial charge in [-0.2, -0.15) is 0 Å². The molecular weight excluding hydrogens is 468 g/mol.